The van der Waals surface area contributed by atoms with Gasteiger partial charge >= 0.3 is 12.0 Å². The maximum Gasteiger partial charge on any atom is 0.315 e. The van der Waals surface area contributed by atoms with Gasteiger partial charge in [-0.25, -0.2) is 4.79 Å². The fraction of sp³-hybridized carbons (Fsp3) is 0.846. The van der Waals surface area contributed by atoms with Crippen LogP contribution in [0.25, 0.3) is 0 Å². The van der Waals surface area contributed by atoms with E-state index in [2.05, 4.69) is 10.6 Å². The number of hydrogen-bond donors (Lipinski definition) is 4. The van der Waals surface area contributed by atoms with E-state index in [0.29, 0.717) is 19.4 Å². The first-order valence-electron chi connectivity index (χ1n) is 7.04. The maximum absolute atomic E-state index is 11.6. The zero-order valence-electron chi connectivity index (χ0n) is 11.2. The second-order valence-corrected chi connectivity index (χ2v) is 5.06. The van der Waals surface area contributed by atoms with Crippen LogP contribution in [0, 0.1) is 0 Å². The molecule has 19 heavy (non-hydrogen) atoms. The molecule has 1 rings (SSSR count). The molecule has 0 aliphatic heterocycles. The lowest BCUT2D eigenvalue weighted by atomic mass is 10.1. The van der Waals surface area contributed by atoms with E-state index in [1.165, 1.54) is 0 Å². The SMILES string of the molecule is O=C(O)CCCCNC(=O)NC1CCCCCC1O. The second kappa shape index (κ2) is 8.74. The quantitative estimate of drug-likeness (QED) is 0.432. The summed E-state index contributed by atoms with van der Waals surface area (Å²) in [6.45, 7) is 0.460. The molecule has 0 aromatic rings. The normalized spacial score (nSPS) is 23.4. The number of urea groups is 1. The Bertz CT molecular complexity index is 296. The zero-order chi connectivity index (χ0) is 14.1. The van der Waals surface area contributed by atoms with Crippen LogP contribution in [0.3, 0.4) is 0 Å². The summed E-state index contributed by atoms with van der Waals surface area (Å²) >= 11 is 0. The number of carbonyl (C=O) groups excluding carboxylic acids is 1. The van der Waals surface area contributed by atoms with Crippen LogP contribution in [0.2, 0.25) is 0 Å². The third kappa shape index (κ3) is 7.00. The zero-order valence-corrected chi connectivity index (χ0v) is 11.2. The largest absolute Gasteiger partial charge is 0.481 e. The van der Waals surface area contributed by atoms with Gasteiger partial charge in [0.1, 0.15) is 0 Å². The molecule has 6 heteroatoms. The summed E-state index contributed by atoms with van der Waals surface area (Å²) in [5, 5.41) is 23.8. The predicted molar refractivity (Wildman–Crippen MR) is 70.9 cm³/mol. The van der Waals surface area contributed by atoms with E-state index in [9.17, 15) is 14.7 Å². The van der Waals surface area contributed by atoms with Crippen LogP contribution < -0.4 is 10.6 Å². The summed E-state index contributed by atoms with van der Waals surface area (Å²) in [6.07, 6.45) is 5.57. The van der Waals surface area contributed by atoms with E-state index >= 15 is 0 Å². The van der Waals surface area contributed by atoms with E-state index in [-0.39, 0.29) is 18.5 Å². The molecular formula is C13H24N2O4. The van der Waals surface area contributed by atoms with E-state index in [0.717, 1.165) is 32.1 Å². The Kier molecular flexibility index (Phi) is 7.25. The molecule has 2 amide bonds. The molecule has 4 N–H and O–H groups in total. The third-order valence-electron chi connectivity index (χ3n) is 3.40. The summed E-state index contributed by atoms with van der Waals surface area (Å²) < 4.78 is 0. The Hall–Kier alpha value is -1.30. The molecule has 0 bridgehead atoms. The van der Waals surface area contributed by atoms with E-state index in [1.807, 2.05) is 0 Å². The van der Waals surface area contributed by atoms with E-state index < -0.39 is 12.1 Å². The fourth-order valence-electron chi connectivity index (χ4n) is 2.28. The topological polar surface area (TPSA) is 98.7 Å². The van der Waals surface area contributed by atoms with Crippen molar-refractivity contribution < 1.29 is 19.8 Å². The van der Waals surface area contributed by atoms with Crippen molar-refractivity contribution in [3.05, 3.63) is 0 Å². The third-order valence-corrected chi connectivity index (χ3v) is 3.40. The molecule has 110 valence electrons. The molecule has 6 nitrogen and oxygen atoms in total. The number of carboxylic acids is 1. The number of carboxylic acid groups (broad SMARTS) is 1. The number of carbonyl (C=O) groups is 2. The van der Waals surface area contributed by atoms with Crippen molar-refractivity contribution in [1.82, 2.24) is 10.6 Å². The number of amides is 2. The van der Waals surface area contributed by atoms with Crippen LogP contribution in [0.4, 0.5) is 4.79 Å². The minimum atomic E-state index is -0.814. The summed E-state index contributed by atoms with van der Waals surface area (Å²) in [7, 11) is 0. The van der Waals surface area contributed by atoms with Crippen molar-refractivity contribution >= 4 is 12.0 Å². The molecule has 1 aliphatic carbocycles. The first-order chi connectivity index (χ1) is 9.09. The van der Waals surface area contributed by atoms with Crippen LogP contribution in [0.5, 0.6) is 0 Å². The van der Waals surface area contributed by atoms with Gasteiger partial charge in [0, 0.05) is 13.0 Å². The molecule has 1 saturated carbocycles. The highest BCUT2D eigenvalue weighted by molar-refractivity contribution is 5.74. The van der Waals surface area contributed by atoms with Crippen molar-refractivity contribution in [3.8, 4) is 0 Å². The lowest BCUT2D eigenvalue weighted by Gasteiger charge is -2.21. The molecule has 0 aromatic carbocycles. The second-order valence-electron chi connectivity index (χ2n) is 5.06. The van der Waals surface area contributed by atoms with Crippen molar-refractivity contribution in [2.45, 2.75) is 63.5 Å². The number of rotatable bonds is 6. The van der Waals surface area contributed by atoms with Gasteiger partial charge in [-0.15, -0.1) is 0 Å². The molecule has 0 heterocycles. The van der Waals surface area contributed by atoms with Gasteiger partial charge in [-0.05, 0) is 25.7 Å². The summed E-state index contributed by atoms with van der Waals surface area (Å²) in [4.78, 5) is 21.9. The highest BCUT2D eigenvalue weighted by atomic mass is 16.4. The van der Waals surface area contributed by atoms with Gasteiger partial charge in [0.25, 0.3) is 0 Å². The summed E-state index contributed by atoms with van der Waals surface area (Å²) in [5.74, 6) is -0.814. The van der Waals surface area contributed by atoms with Crippen molar-refractivity contribution in [1.29, 1.82) is 0 Å². The molecule has 2 unspecified atom stereocenters. The minimum absolute atomic E-state index is 0.130. The summed E-state index contributed by atoms with van der Waals surface area (Å²) in [5.41, 5.74) is 0. The average Bonchev–Trinajstić information content (AvgIpc) is 2.54. The molecule has 1 fully saturated rings. The Morgan fingerprint density at radius 2 is 1.84 bits per heavy atom. The first-order valence-corrected chi connectivity index (χ1v) is 7.04. The number of nitrogens with one attached hydrogen (secondary N) is 2. The number of aliphatic hydroxyl groups excluding tert-OH is 1. The smallest absolute Gasteiger partial charge is 0.315 e. The van der Waals surface area contributed by atoms with Gasteiger partial charge in [-0.2, -0.15) is 0 Å². The fourth-order valence-corrected chi connectivity index (χ4v) is 2.28. The highest BCUT2D eigenvalue weighted by Crippen LogP contribution is 2.17. The average molecular weight is 272 g/mol. The van der Waals surface area contributed by atoms with Gasteiger partial charge < -0.3 is 20.8 Å². The number of aliphatic hydroxyl groups is 1. The van der Waals surface area contributed by atoms with Gasteiger partial charge in [0.2, 0.25) is 0 Å². The van der Waals surface area contributed by atoms with Gasteiger partial charge in [-0.1, -0.05) is 19.3 Å². The minimum Gasteiger partial charge on any atom is -0.481 e. The highest BCUT2D eigenvalue weighted by Gasteiger charge is 2.22. The molecular weight excluding hydrogens is 248 g/mol. The Labute approximate surface area is 113 Å². The Morgan fingerprint density at radius 1 is 1.11 bits per heavy atom. The van der Waals surface area contributed by atoms with E-state index in [4.69, 9.17) is 5.11 Å². The van der Waals surface area contributed by atoms with Crippen LogP contribution >= 0.6 is 0 Å². The van der Waals surface area contributed by atoms with Gasteiger partial charge in [0.05, 0.1) is 12.1 Å². The number of unbranched alkanes of at least 4 members (excludes halogenated alkanes) is 1. The van der Waals surface area contributed by atoms with E-state index in [1.54, 1.807) is 0 Å². The molecule has 0 radical (unpaired) electrons. The lowest BCUT2D eigenvalue weighted by molar-refractivity contribution is -0.137. The van der Waals surface area contributed by atoms with Crippen LogP contribution in [-0.4, -0.2) is 40.9 Å². The van der Waals surface area contributed by atoms with Crippen LogP contribution in [0.15, 0.2) is 0 Å². The Morgan fingerprint density at radius 3 is 2.58 bits per heavy atom. The number of hydrogen-bond acceptors (Lipinski definition) is 3. The van der Waals surface area contributed by atoms with Crippen LogP contribution in [0.1, 0.15) is 51.4 Å². The molecule has 0 spiro atoms. The van der Waals surface area contributed by atoms with Crippen molar-refractivity contribution in [2.24, 2.45) is 0 Å². The molecule has 0 saturated heterocycles. The maximum atomic E-state index is 11.6. The first kappa shape index (κ1) is 15.8. The monoisotopic (exact) mass is 272 g/mol. The standard InChI is InChI=1S/C13H24N2O4/c16-11-7-3-1-2-6-10(11)15-13(19)14-9-5-4-8-12(17)18/h10-11,16H,1-9H2,(H,17,18)(H2,14,15,19). The van der Waals surface area contributed by atoms with Gasteiger partial charge in [0.15, 0.2) is 0 Å². The Balaban J connectivity index is 2.13. The lowest BCUT2D eigenvalue weighted by Crippen LogP contribution is -2.47. The molecule has 0 aromatic heterocycles. The summed E-state index contributed by atoms with van der Waals surface area (Å²) in [6, 6.07) is -0.442. The van der Waals surface area contributed by atoms with Crippen LogP contribution in [-0.2, 0) is 4.79 Å². The number of aliphatic carboxylic acids is 1. The van der Waals surface area contributed by atoms with Crippen molar-refractivity contribution in [3.63, 3.8) is 0 Å². The molecule has 1 aliphatic rings. The molecule has 2 atom stereocenters. The predicted octanol–water partition coefficient (Wildman–Crippen LogP) is 1.23. The van der Waals surface area contributed by atoms with Gasteiger partial charge in [-0.3, -0.25) is 4.79 Å². The van der Waals surface area contributed by atoms with Crippen molar-refractivity contribution in [2.75, 3.05) is 6.54 Å².